The van der Waals surface area contributed by atoms with Gasteiger partial charge in [0.2, 0.25) is 0 Å². The Balaban J connectivity index is 1.61. The van der Waals surface area contributed by atoms with E-state index in [9.17, 15) is 0 Å². The van der Waals surface area contributed by atoms with Gasteiger partial charge in [0.15, 0.2) is 0 Å². The largest absolute Gasteiger partial charge is 0.356 e. The first-order valence-electron chi connectivity index (χ1n) is 10.3. The molecule has 0 aliphatic rings. The lowest BCUT2D eigenvalue weighted by Crippen LogP contribution is -2.30. The van der Waals surface area contributed by atoms with Crippen molar-refractivity contribution in [3.8, 4) is 33.8 Å². The zero-order valence-electron chi connectivity index (χ0n) is 17.3. The van der Waals surface area contributed by atoms with E-state index in [0.717, 1.165) is 33.8 Å². The summed E-state index contributed by atoms with van der Waals surface area (Å²) in [5.41, 5.74) is 7.00. The second kappa shape index (κ2) is 7.32. The summed E-state index contributed by atoms with van der Waals surface area (Å²) in [6.07, 6.45) is 1.97. The molecule has 0 spiro atoms. The summed E-state index contributed by atoms with van der Waals surface area (Å²) < 4.78 is 3.80. The number of imidazole rings is 1. The quantitative estimate of drug-likeness (QED) is 0.350. The van der Waals surface area contributed by atoms with Crippen molar-refractivity contribution in [3.63, 3.8) is 0 Å². The van der Waals surface area contributed by atoms with Crippen LogP contribution >= 0.6 is 11.6 Å². The Bertz CT molecular complexity index is 1560. The van der Waals surface area contributed by atoms with Gasteiger partial charge >= 0.3 is 5.78 Å². The lowest BCUT2D eigenvalue weighted by atomic mass is 10.1. The minimum Gasteiger partial charge on any atom is -0.356 e. The van der Waals surface area contributed by atoms with Crippen molar-refractivity contribution < 1.29 is 4.52 Å². The van der Waals surface area contributed by atoms with Crippen molar-refractivity contribution in [2.24, 2.45) is 0 Å². The highest BCUT2D eigenvalue weighted by molar-refractivity contribution is 6.30. The number of hydrogen-bond acceptors (Lipinski definition) is 2. The summed E-state index contributed by atoms with van der Waals surface area (Å²) >= 11 is 6.04. The molecule has 0 atom stereocenters. The van der Waals surface area contributed by atoms with Crippen molar-refractivity contribution in [2.75, 3.05) is 0 Å². The van der Waals surface area contributed by atoms with Gasteiger partial charge in [-0.15, -0.1) is 0 Å². The molecule has 6 heteroatoms. The van der Waals surface area contributed by atoms with Crippen molar-refractivity contribution in [1.29, 1.82) is 0 Å². The van der Waals surface area contributed by atoms with Gasteiger partial charge in [0.05, 0.1) is 5.78 Å². The maximum absolute atomic E-state index is 6.04. The highest BCUT2D eigenvalue weighted by Crippen LogP contribution is 2.25. The van der Waals surface area contributed by atoms with Gasteiger partial charge in [0.1, 0.15) is 11.4 Å². The number of aryl methyl sites for hydroxylation is 1. The predicted octanol–water partition coefficient (Wildman–Crippen LogP) is 5.39. The van der Waals surface area contributed by atoms with E-state index in [0.29, 0.717) is 16.6 Å². The third-order valence-corrected chi connectivity index (χ3v) is 5.81. The molecule has 0 saturated carbocycles. The molecule has 6 aromatic rings. The lowest BCUT2D eigenvalue weighted by Gasteiger charge is -2.06. The van der Waals surface area contributed by atoms with Crippen molar-refractivity contribution in [2.45, 2.75) is 6.92 Å². The van der Waals surface area contributed by atoms with Crippen LogP contribution < -0.4 is 9.61 Å². The van der Waals surface area contributed by atoms with Gasteiger partial charge < -0.3 is 9.38 Å². The Hall–Kier alpha value is -3.96. The molecule has 0 aliphatic heterocycles. The Kier molecular flexibility index (Phi) is 4.30. The van der Waals surface area contributed by atoms with E-state index in [-0.39, 0.29) is 0 Å². The number of rotatable bonds is 3. The van der Waals surface area contributed by atoms with E-state index in [1.165, 1.54) is 5.56 Å². The zero-order chi connectivity index (χ0) is 21.7. The molecule has 5 nitrogen and oxygen atoms in total. The second-order valence-electron chi connectivity index (χ2n) is 7.77. The van der Waals surface area contributed by atoms with Gasteiger partial charge in [0.25, 0.3) is 0 Å². The van der Waals surface area contributed by atoms with E-state index >= 15 is 0 Å². The summed E-state index contributed by atoms with van der Waals surface area (Å²) in [5, 5.41) is 5.48. The molecule has 154 valence electrons. The van der Waals surface area contributed by atoms with E-state index < -0.39 is 0 Å². The molecule has 0 N–H and O–H groups in total. The number of fused-ring (bicyclic) bond motifs is 3. The molecule has 0 unspecified atom stereocenters. The summed E-state index contributed by atoms with van der Waals surface area (Å²) in [6.45, 7) is 2.08. The molecule has 0 fully saturated rings. The topological polar surface area (TPSA) is 48.4 Å². The van der Waals surface area contributed by atoms with Crippen LogP contribution in [0.5, 0.6) is 0 Å². The van der Waals surface area contributed by atoms with Gasteiger partial charge in [-0.1, -0.05) is 88.9 Å². The van der Waals surface area contributed by atoms with Gasteiger partial charge in [-0.2, -0.15) is 4.52 Å². The molecule has 0 radical (unpaired) electrons. The number of hydrogen-bond donors (Lipinski definition) is 0. The Morgan fingerprint density at radius 1 is 0.781 bits per heavy atom. The predicted molar refractivity (Wildman–Crippen MR) is 126 cm³/mol. The molecule has 3 aromatic heterocycles. The molecule has 32 heavy (non-hydrogen) atoms. The molecule has 0 saturated heterocycles. The number of benzene rings is 3. The highest BCUT2D eigenvalue weighted by atomic mass is 35.5. The van der Waals surface area contributed by atoms with Gasteiger partial charge in [0, 0.05) is 27.9 Å². The average molecular weight is 436 g/mol. The fraction of sp³-hybridized carbons (Fsp3) is 0.0385. The fourth-order valence-electron chi connectivity index (χ4n) is 3.86. The van der Waals surface area contributed by atoms with Crippen LogP contribution in [0.2, 0.25) is 5.02 Å². The van der Waals surface area contributed by atoms with Gasteiger partial charge in [-0.3, -0.25) is 0 Å². The van der Waals surface area contributed by atoms with Crippen LogP contribution in [0, 0.1) is 6.92 Å². The molecule has 6 rings (SSSR count). The van der Waals surface area contributed by atoms with Gasteiger partial charge in [-0.05, 0) is 30.8 Å². The molecule has 3 aromatic carbocycles. The smallest absolute Gasteiger partial charge is 0.301 e. The Labute approximate surface area is 189 Å². The first-order chi connectivity index (χ1) is 15.7. The number of halogens is 1. The third-order valence-electron chi connectivity index (χ3n) is 5.56. The Morgan fingerprint density at radius 3 is 2.22 bits per heavy atom. The minimum absolute atomic E-state index is 0.598. The second-order valence-corrected chi connectivity index (χ2v) is 8.21. The summed E-state index contributed by atoms with van der Waals surface area (Å²) in [6, 6.07) is 28.4. The normalized spacial score (nSPS) is 11.4. The summed E-state index contributed by atoms with van der Waals surface area (Å²) in [7, 11) is 0. The molecule has 0 bridgehead atoms. The van der Waals surface area contributed by atoms with Crippen LogP contribution in [0.25, 0.3) is 45.3 Å². The summed E-state index contributed by atoms with van der Waals surface area (Å²) in [4.78, 5) is 9.72. The number of nitrogens with zero attached hydrogens (tertiary/aromatic N) is 5. The first kappa shape index (κ1) is 18.8. The molecule has 0 amide bonds. The highest BCUT2D eigenvalue weighted by Gasteiger charge is 2.16. The molecule has 3 heterocycles. The average Bonchev–Trinajstić information content (AvgIpc) is 3.39. The Morgan fingerprint density at radius 2 is 1.47 bits per heavy atom. The first-order valence-corrected chi connectivity index (χ1v) is 10.7. The van der Waals surface area contributed by atoms with Crippen molar-refractivity contribution >= 4 is 23.2 Å². The van der Waals surface area contributed by atoms with E-state index in [1.807, 2.05) is 57.6 Å². The van der Waals surface area contributed by atoms with Gasteiger partial charge in [-0.25, -0.2) is 5.10 Å². The standard InChI is InChI=1S/C26H18ClN5/c1-17-7-9-18(10-8-17)22-15-24(20-5-3-2-4-6-20)32-26(29-22)31-16-23(28-25(31)30-32)19-11-13-21(27)14-12-19/h2-16H,1H3. The number of aromatic nitrogens is 5. The molecule has 0 aliphatic carbocycles. The van der Waals surface area contributed by atoms with Crippen molar-refractivity contribution in [3.05, 3.63) is 102 Å². The van der Waals surface area contributed by atoms with Crippen LogP contribution in [-0.2, 0) is 0 Å². The third kappa shape index (κ3) is 3.15. The maximum atomic E-state index is 6.04. The monoisotopic (exact) mass is 435 g/mol. The van der Waals surface area contributed by atoms with Crippen LogP contribution in [0.15, 0.2) is 91.1 Å². The lowest BCUT2D eigenvalue weighted by molar-refractivity contribution is -0.572. The van der Waals surface area contributed by atoms with E-state index in [4.69, 9.17) is 26.7 Å². The minimum atomic E-state index is 0.598. The summed E-state index contributed by atoms with van der Waals surface area (Å²) in [5.74, 6) is 1.31. The van der Waals surface area contributed by atoms with Crippen molar-refractivity contribution in [1.82, 2.24) is 19.5 Å². The SMILES string of the molecule is Cc1ccc(-c2cc(-c3ccccc3)[n+]3[n-]c4nc(-c5ccc(Cl)cc5)cn4c3n2)cc1. The molecular weight excluding hydrogens is 418 g/mol. The van der Waals surface area contributed by atoms with E-state index in [1.54, 1.807) is 0 Å². The maximum Gasteiger partial charge on any atom is 0.301 e. The fourth-order valence-corrected chi connectivity index (χ4v) is 3.99. The van der Waals surface area contributed by atoms with Crippen LogP contribution in [0.1, 0.15) is 5.56 Å². The van der Waals surface area contributed by atoms with E-state index in [2.05, 4.69) is 49.4 Å². The van der Waals surface area contributed by atoms with Crippen LogP contribution in [0.4, 0.5) is 0 Å². The van der Waals surface area contributed by atoms with Crippen LogP contribution in [0.3, 0.4) is 0 Å². The zero-order valence-corrected chi connectivity index (χ0v) is 18.0. The molecular formula is C26H18ClN5. The van der Waals surface area contributed by atoms with Crippen LogP contribution in [-0.4, -0.2) is 14.4 Å².